The maximum atomic E-state index is 13.7. The molecule has 52 heavy (non-hydrogen) atoms. The van der Waals surface area contributed by atoms with Crippen molar-refractivity contribution in [3.05, 3.63) is 0 Å². The zero-order chi connectivity index (χ0) is 39.6. The van der Waals surface area contributed by atoms with E-state index in [2.05, 4.69) is 19.6 Å². The summed E-state index contributed by atoms with van der Waals surface area (Å²) < 4.78 is 41.6. The molecule has 1 fully saturated rings. The summed E-state index contributed by atoms with van der Waals surface area (Å²) in [5.74, 6) is -0.930. The lowest BCUT2D eigenvalue weighted by atomic mass is 10.1. The van der Waals surface area contributed by atoms with Gasteiger partial charge in [0.1, 0.15) is 22.8 Å². The molecule has 0 amide bonds. The van der Waals surface area contributed by atoms with E-state index in [0.717, 1.165) is 12.8 Å². The molecule has 1 aliphatic rings. The number of carbonyl (C=O) groups excluding carboxylic acids is 3. The maximum Gasteiger partial charge on any atom is 0.330 e. The molecule has 0 aromatic carbocycles. The number of carbonyl (C=O) groups is 3. The zero-order valence-electron chi connectivity index (χ0n) is 34.5. The smallest absolute Gasteiger partial charge is 0.330 e. The van der Waals surface area contributed by atoms with E-state index in [-0.39, 0.29) is 31.0 Å². The predicted octanol–water partition coefficient (Wildman–Crippen LogP) is 4.39. The van der Waals surface area contributed by atoms with Gasteiger partial charge in [-0.25, -0.2) is 0 Å². The minimum atomic E-state index is -3.21. The Bertz CT molecular complexity index is 1050. The lowest BCUT2D eigenvalue weighted by Gasteiger charge is -2.37. The molecule has 0 radical (unpaired) electrons. The van der Waals surface area contributed by atoms with Gasteiger partial charge in [0.25, 0.3) is 0 Å². The van der Waals surface area contributed by atoms with Gasteiger partial charge in [0.05, 0.1) is 32.5 Å². The summed E-state index contributed by atoms with van der Waals surface area (Å²) >= 11 is 0. The second-order valence-electron chi connectivity index (χ2n) is 16.5. The Labute approximate surface area is 315 Å². The van der Waals surface area contributed by atoms with E-state index >= 15 is 0 Å². The standard InChI is InChI=1S/C37H74N5O9P/c1-12-47-52(46,48-13-2)28-16-19-39-20-22-40(29-32(43)49-35(3,4)5)24-26-42(31(17-14-15-18-38)34(45)51-37(9,10)11)27-25-41(23-21-39)30-33(44)50-36(6,7)8/h31H,12-30,38H2,1-11H3. The topological polar surface area (TPSA) is 153 Å². The van der Waals surface area contributed by atoms with Crippen LogP contribution in [-0.2, 0) is 42.2 Å². The van der Waals surface area contributed by atoms with Crippen molar-refractivity contribution in [1.82, 2.24) is 19.6 Å². The third-order valence-corrected chi connectivity index (χ3v) is 10.2. The highest BCUT2D eigenvalue weighted by molar-refractivity contribution is 7.53. The summed E-state index contributed by atoms with van der Waals surface area (Å²) in [5, 5.41) is 0. The minimum absolute atomic E-state index is 0.0951. The van der Waals surface area contributed by atoms with Gasteiger partial charge in [0.2, 0.25) is 0 Å². The Hall–Kier alpha value is -1.64. The van der Waals surface area contributed by atoms with Gasteiger partial charge in [-0.15, -0.1) is 0 Å². The molecule has 0 aromatic heterocycles. The molecule has 1 heterocycles. The van der Waals surface area contributed by atoms with Crippen LogP contribution in [0.5, 0.6) is 0 Å². The molecule has 1 aliphatic heterocycles. The van der Waals surface area contributed by atoms with Crippen molar-refractivity contribution in [1.29, 1.82) is 0 Å². The average molecular weight is 764 g/mol. The van der Waals surface area contributed by atoms with E-state index < -0.39 is 30.4 Å². The van der Waals surface area contributed by atoms with Gasteiger partial charge in [-0.2, -0.15) is 0 Å². The first-order valence-corrected chi connectivity index (χ1v) is 21.0. The largest absolute Gasteiger partial charge is 0.459 e. The Morgan fingerprint density at radius 3 is 1.46 bits per heavy atom. The van der Waals surface area contributed by atoms with Crippen molar-refractivity contribution in [2.45, 2.75) is 125 Å². The van der Waals surface area contributed by atoms with Crippen LogP contribution in [0.4, 0.5) is 0 Å². The van der Waals surface area contributed by atoms with Gasteiger partial charge in [-0.05, 0) is 109 Å². The summed E-state index contributed by atoms with van der Waals surface area (Å²) in [4.78, 5) is 48.5. The first-order valence-electron chi connectivity index (χ1n) is 19.2. The summed E-state index contributed by atoms with van der Waals surface area (Å²) in [6, 6.07) is -0.525. The fraction of sp³-hybridized carbons (Fsp3) is 0.919. The van der Waals surface area contributed by atoms with E-state index in [4.69, 9.17) is 29.0 Å². The molecule has 0 bridgehead atoms. The van der Waals surface area contributed by atoms with Gasteiger partial charge < -0.3 is 33.9 Å². The van der Waals surface area contributed by atoms with E-state index in [1.165, 1.54) is 0 Å². The molecule has 0 saturated carbocycles. The Morgan fingerprint density at radius 1 is 0.635 bits per heavy atom. The van der Waals surface area contributed by atoms with Crippen molar-refractivity contribution in [2.75, 3.05) is 97.9 Å². The molecular weight excluding hydrogens is 689 g/mol. The molecule has 1 atom stereocenters. The van der Waals surface area contributed by atoms with Crippen molar-refractivity contribution >= 4 is 25.5 Å². The summed E-state index contributed by atoms with van der Waals surface area (Å²) in [6.45, 7) is 26.6. The minimum Gasteiger partial charge on any atom is -0.459 e. The van der Waals surface area contributed by atoms with E-state index in [9.17, 15) is 18.9 Å². The molecule has 0 aromatic rings. The number of hydrogen-bond acceptors (Lipinski definition) is 14. The summed E-state index contributed by atoms with van der Waals surface area (Å²) in [5.41, 5.74) is 3.92. The van der Waals surface area contributed by atoms with Crippen LogP contribution in [0.1, 0.15) is 102 Å². The quantitative estimate of drug-likeness (QED) is 0.0909. The number of rotatable bonds is 18. The Kier molecular flexibility index (Phi) is 21.7. The average Bonchev–Trinajstić information content (AvgIpc) is 2.97. The highest BCUT2D eigenvalue weighted by atomic mass is 31.2. The van der Waals surface area contributed by atoms with Crippen LogP contribution in [0.2, 0.25) is 0 Å². The lowest BCUT2D eigenvalue weighted by Crippen LogP contribution is -2.52. The van der Waals surface area contributed by atoms with Crippen molar-refractivity contribution in [3.63, 3.8) is 0 Å². The summed E-state index contributed by atoms with van der Waals surface area (Å²) in [7, 11) is -3.21. The highest BCUT2D eigenvalue weighted by Crippen LogP contribution is 2.48. The maximum absolute atomic E-state index is 13.7. The number of unbranched alkanes of at least 4 members (excludes halogenated alkanes) is 1. The summed E-state index contributed by atoms with van der Waals surface area (Å²) in [6.07, 6.45) is 2.99. The van der Waals surface area contributed by atoms with Crippen molar-refractivity contribution in [3.8, 4) is 0 Å². The van der Waals surface area contributed by atoms with Crippen molar-refractivity contribution in [2.24, 2.45) is 5.73 Å². The fourth-order valence-electron chi connectivity index (χ4n) is 5.87. The molecule has 1 unspecified atom stereocenters. The Balaban J connectivity index is 3.46. The van der Waals surface area contributed by atoms with Gasteiger partial charge in [0, 0.05) is 52.4 Å². The first-order chi connectivity index (χ1) is 24.1. The van der Waals surface area contributed by atoms with Gasteiger partial charge in [-0.1, -0.05) is 6.42 Å². The lowest BCUT2D eigenvalue weighted by molar-refractivity contribution is -0.163. The third-order valence-electron chi connectivity index (χ3n) is 8.03. The van der Waals surface area contributed by atoms with Crippen LogP contribution in [0.3, 0.4) is 0 Å². The van der Waals surface area contributed by atoms with Crippen molar-refractivity contribution < 1.29 is 42.2 Å². The van der Waals surface area contributed by atoms with Crippen LogP contribution in [0, 0.1) is 0 Å². The van der Waals surface area contributed by atoms with Crippen LogP contribution in [0.25, 0.3) is 0 Å². The van der Waals surface area contributed by atoms with E-state index in [0.29, 0.717) is 97.7 Å². The molecular formula is C37H74N5O9P. The molecule has 1 saturated heterocycles. The van der Waals surface area contributed by atoms with Gasteiger partial charge >= 0.3 is 25.5 Å². The van der Waals surface area contributed by atoms with Gasteiger partial charge in [-0.3, -0.25) is 33.6 Å². The van der Waals surface area contributed by atoms with Crippen LogP contribution >= 0.6 is 7.60 Å². The van der Waals surface area contributed by atoms with Crippen LogP contribution in [-0.4, -0.2) is 158 Å². The number of nitrogens with two attached hydrogens (primary N) is 1. The molecule has 14 nitrogen and oxygen atoms in total. The SMILES string of the molecule is CCOP(=O)(CCCN1CCN(CC(=O)OC(C)(C)C)CCN(C(CCCCN)C(=O)OC(C)(C)C)CCN(CC(=O)OC(C)(C)C)CC1)OCC. The molecule has 1 rings (SSSR count). The molecule has 2 N–H and O–H groups in total. The molecule has 306 valence electrons. The predicted molar refractivity (Wildman–Crippen MR) is 205 cm³/mol. The highest BCUT2D eigenvalue weighted by Gasteiger charge is 2.32. The Morgan fingerprint density at radius 2 is 1.06 bits per heavy atom. The molecule has 15 heteroatoms. The first kappa shape index (κ1) is 48.4. The number of hydrogen-bond donors (Lipinski definition) is 1. The van der Waals surface area contributed by atoms with E-state index in [1.54, 1.807) is 13.8 Å². The zero-order valence-corrected chi connectivity index (χ0v) is 35.4. The monoisotopic (exact) mass is 764 g/mol. The second kappa shape index (κ2) is 23.3. The van der Waals surface area contributed by atoms with E-state index in [1.807, 2.05) is 62.3 Å². The second-order valence-corrected chi connectivity index (χ2v) is 18.6. The number of ether oxygens (including phenoxy) is 3. The van der Waals surface area contributed by atoms with Crippen LogP contribution < -0.4 is 5.73 Å². The number of nitrogens with zero attached hydrogens (tertiary/aromatic N) is 4. The molecule has 0 aliphatic carbocycles. The fourth-order valence-corrected chi connectivity index (χ4v) is 7.51. The number of esters is 3. The third kappa shape index (κ3) is 22.5. The molecule has 0 spiro atoms. The van der Waals surface area contributed by atoms with Crippen LogP contribution in [0.15, 0.2) is 0 Å². The normalized spacial score (nSPS) is 17.9. The van der Waals surface area contributed by atoms with Gasteiger partial charge in [0.15, 0.2) is 0 Å².